The fourth-order valence-corrected chi connectivity index (χ4v) is 2.28. The topological polar surface area (TPSA) is 97.7 Å². The summed E-state index contributed by atoms with van der Waals surface area (Å²) in [5.74, 6) is 0.575. The zero-order valence-electron chi connectivity index (χ0n) is 9.91. The van der Waals surface area contributed by atoms with Gasteiger partial charge in [0.05, 0.1) is 24.6 Å². The van der Waals surface area contributed by atoms with E-state index in [0.717, 1.165) is 12.4 Å². The maximum absolute atomic E-state index is 11.9. The molecule has 19 heavy (non-hydrogen) atoms. The number of aromatic nitrogens is 4. The Bertz CT molecular complexity index is 675. The van der Waals surface area contributed by atoms with Crippen molar-refractivity contribution in [2.24, 2.45) is 0 Å². The lowest BCUT2D eigenvalue weighted by molar-refractivity contribution is 0.579. The first kappa shape index (κ1) is 13.8. The normalized spacial score (nSPS) is 11.5. The van der Waals surface area contributed by atoms with Crippen molar-refractivity contribution < 1.29 is 8.42 Å². The van der Waals surface area contributed by atoms with Crippen LogP contribution in [0.5, 0.6) is 0 Å². The molecule has 0 spiro atoms. The van der Waals surface area contributed by atoms with Gasteiger partial charge in [0.1, 0.15) is 10.7 Å². The first-order valence-corrected chi connectivity index (χ1v) is 7.09. The molecular weight excluding hydrogens is 290 g/mol. The summed E-state index contributed by atoms with van der Waals surface area (Å²) >= 11 is 5.50. The first-order chi connectivity index (χ1) is 8.97. The minimum Gasteiger partial charge on any atom is -0.242 e. The Kier molecular flexibility index (Phi) is 4.03. The van der Waals surface area contributed by atoms with Gasteiger partial charge in [-0.1, -0.05) is 0 Å². The third-order valence-electron chi connectivity index (χ3n) is 2.18. The molecule has 0 bridgehead atoms. The number of nitrogens with one attached hydrogen (secondary N) is 1. The Morgan fingerprint density at radius 3 is 2.58 bits per heavy atom. The van der Waals surface area contributed by atoms with Gasteiger partial charge in [-0.25, -0.2) is 33.1 Å². The van der Waals surface area contributed by atoms with Crippen molar-refractivity contribution in [1.82, 2.24) is 24.7 Å². The fourth-order valence-electron chi connectivity index (χ4n) is 1.30. The van der Waals surface area contributed by atoms with Crippen LogP contribution in [-0.2, 0) is 16.6 Å². The van der Waals surface area contributed by atoms with Crippen LogP contribution in [0.2, 0.25) is 5.28 Å². The molecule has 1 N–H and O–H groups in total. The van der Waals surface area contributed by atoms with E-state index in [1.165, 1.54) is 0 Å². The molecule has 0 aliphatic rings. The summed E-state index contributed by atoms with van der Waals surface area (Å²) in [4.78, 5) is 15.2. The molecule has 0 aliphatic heterocycles. The highest BCUT2D eigenvalue weighted by Gasteiger charge is 2.15. The largest absolute Gasteiger partial charge is 0.243 e. The van der Waals surface area contributed by atoms with Gasteiger partial charge in [0, 0.05) is 6.20 Å². The van der Waals surface area contributed by atoms with E-state index in [9.17, 15) is 8.42 Å². The summed E-state index contributed by atoms with van der Waals surface area (Å²) < 4.78 is 26.2. The molecule has 9 heteroatoms. The fraction of sp³-hybridized carbons (Fsp3) is 0.200. The van der Waals surface area contributed by atoms with E-state index in [-0.39, 0.29) is 16.7 Å². The molecule has 0 unspecified atom stereocenters. The smallest absolute Gasteiger partial charge is 0.242 e. The van der Waals surface area contributed by atoms with Gasteiger partial charge in [-0.3, -0.25) is 0 Å². The van der Waals surface area contributed by atoms with Crippen molar-refractivity contribution >= 4 is 21.6 Å². The van der Waals surface area contributed by atoms with Crippen molar-refractivity contribution in [3.05, 3.63) is 41.5 Å². The van der Waals surface area contributed by atoms with Crippen LogP contribution in [0.3, 0.4) is 0 Å². The zero-order chi connectivity index (χ0) is 13.9. The van der Waals surface area contributed by atoms with E-state index in [1.54, 1.807) is 19.2 Å². The van der Waals surface area contributed by atoms with E-state index in [1.807, 2.05) is 0 Å². The summed E-state index contributed by atoms with van der Waals surface area (Å²) in [5.41, 5.74) is 0.575. The number of hydrogen-bond acceptors (Lipinski definition) is 6. The highest BCUT2D eigenvalue weighted by atomic mass is 35.5. The van der Waals surface area contributed by atoms with E-state index in [4.69, 9.17) is 11.6 Å². The molecular formula is C10H10ClN5O2S. The summed E-state index contributed by atoms with van der Waals surface area (Å²) in [6.45, 7) is 1.79. The Hall–Kier alpha value is -1.64. The molecule has 2 heterocycles. The van der Waals surface area contributed by atoms with Crippen molar-refractivity contribution in [3.8, 4) is 0 Å². The predicted molar refractivity (Wildman–Crippen MR) is 67.8 cm³/mol. The summed E-state index contributed by atoms with van der Waals surface area (Å²) in [6, 6.07) is 1.63. The predicted octanol–water partition coefficient (Wildman–Crippen LogP) is 0.707. The Labute approximate surface area is 115 Å². The second-order valence-electron chi connectivity index (χ2n) is 3.61. The van der Waals surface area contributed by atoms with Gasteiger partial charge < -0.3 is 0 Å². The summed E-state index contributed by atoms with van der Waals surface area (Å²) in [7, 11) is -3.68. The van der Waals surface area contributed by atoms with Gasteiger partial charge in [-0.2, -0.15) is 0 Å². The van der Waals surface area contributed by atoms with Crippen LogP contribution in [0.4, 0.5) is 0 Å². The molecule has 0 aliphatic carbocycles. The maximum Gasteiger partial charge on any atom is 0.243 e. The molecule has 0 atom stereocenters. The van der Waals surface area contributed by atoms with Gasteiger partial charge in [-0.15, -0.1) is 0 Å². The molecule has 0 amide bonds. The van der Waals surface area contributed by atoms with E-state index in [2.05, 4.69) is 24.7 Å². The van der Waals surface area contributed by atoms with E-state index < -0.39 is 10.0 Å². The number of halogens is 1. The van der Waals surface area contributed by atoms with E-state index in [0.29, 0.717) is 11.5 Å². The molecule has 0 saturated carbocycles. The number of sulfonamides is 1. The highest BCUT2D eigenvalue weighted by Crippen LogP contribution is 2.08. The van der Waals surface area contributed by atoms with Gasteiger partial charge in [-0.05, 0) is 24.6 Å². The van der Waals surface area contributed by atoms with Crippen molar-refractivity contribution in [1.29, 1.82) is 0 Å². The number of nitrogens with zero attached hydrogens (tertiary/aromatic N) is 4. The molecule has 0 saturated heterocycles. The monoisotopic (exact) mass is 299 g/mol. The second-order valence-corrected chi connectivity index (χ2v) is 5.71. The second kappa shape index (κ2) is 5.55. The van der Waals surface area contributed by atoms with Gasteiger partial charge in [0.2, 0.25) is 15.3 Å². The zero-order valence-corrected chi connectivity index (χ0v) is 11.5. The third kappa shape index (κ3) is 3.66. The molecule has 0 aromatic carbocycles. The number of hydrogen-bond donors (Lipinski definition) is 1. The third-order valence-corrected chi connectivity index (χ3v) is 3.73. The molecule has 2 rings (SSSR count). The molecule has 0 radical (unpaired) electrons. The van der Waals surface area contributed by atoms with Gasteiger partial charge in [0.15, 0.2) is 0 Å². The van der Waals surface area contributed by atoms with Crippen LogP contribution in [0.25, 0.3) is 0 Å². The van der Waals surface area contributed by atoms with Gasteiger partial charge in [0.25, 0.3) is 0 Å². The van der Waals surface area contributed by atoms with E-state index >= 15 is 0 Å². The summed E-state index contributed by atoms with van der Waals surface area (Å²) in [6.07, 6.45) is 3.85. The highest BCUT2D eigenvalue weighted by molar-refractivity contribution is 7.89. The van der Waals surface area contributed by atoms with Crippen LogP contribution in [0, 0.1) is 6.92 Å². The maximum atomic E-state index is 11.9. The molecule has 2 aromatic heterocycles. The van der Waals surface area contributed by atoms with Crippen molar-refractivity contribution in [2.45, 2.75) is 18.4 Å². The standard InChI is InChI=1S/C10H10ClN5O2S/c1-7-12-3-2-8(16-7)4-15-19(17,18)9-5-13-10(11)14-6-9/h2-3,5-6,15H,4H2,1H3. The molecule has 0 fully saturated rings. The van der Waals surface area contributed by atoms with Crippen LogP contribution >= 0.6 is 11.6 Å². The Balaban J connectivity index is 2.12. The first-order valence-electron chi connectivity index (χ1n) is 5.23. The van der Waals surface area contributed by atoms with Crippen LogP contribution < -0.4 is 4.72 Å². The molecule has 2 aromatic rings. The van der Waals surface area contributed by atoms with Crippen LogP contribution in [0.15, 0.2) is 29.6 Å². The number of rotatable bonds is 4. The number of aryl methyl sites for hydroxylation is 1. The Morgan fingerprint density at radius 2 is 1.95 bits per heavy atom. The lowest BCUT2D eigenvalue weighted by atomic mass is 10.4. The minimum atomic E-state index is -3.68. The molecule has 7 nitrogen and oxygen atoms in total. The lowest BCUT2D eigenvalue weighted by Crippen LogP contribution is -2.24. The van der Waals surface area contributed by atoms with Crippen LogP contribution in [-0.4, -0.2) is 28.4 Å². The molecule has 100 valence electrons. The Morgan fingerprint density at radius 1 is 1.26 bits per heavy atom. The quantitative estimate of drug-likeness (QED) is 0.835. The lowest BCUT2D eigenvalue weighted by Gasteiger charge is -2.05. The summed E-state index contributed by atoms with van der Waals surface area (Å²) in [5, 5.41) is -0.00891. The minimum absolute atomic E-state index is 0.00891. The van der Waals surface area contributed by atoms with Gasteiger partial charge >= 0.3 is 0 Å². The van der Waals surface area contributed by atoms with Crippen LogP contribution in [0.1, 0.15) is 11.5 Å². The van der Waals surface area contributed by atoms with Crippen molar-refractivity contribution in [3.63, 3.8) is 0 Å². The average molecular weight is 300 g/mol. The van der Waals surface area contributed by atoms with Crippen molar-refractivity contribution in [2.75, 3.05) is 0 Å². The SMILES string of the molecule is Cc1nccc(CNS(=O)(=O)c2cnc(Cl)nc2)n1. The average Bonchev–Trinajstić information content (AvgIpc) is 2.37.